The Hall–Kier alpha value is -2.28. The van der Waals surface area contributed by atoms with Gasteiger partial charge in [-0.05, 0) is 35.4 Å². The number of benzene rings is 2. The summed E-state index contributed by atoms with van der Waals surface area (Å²) in [6.07, 6.45) is 0. The van der Waals surface area contributed by atoms with Gasteiger partial charge in [0.1, 0.15) is 5.75 Å². The van der Waals surface area contributed by atoms with Gasteiger partial charge in [-0.15, -0.1) is 0 Å². The van der Waals surface area contributed by atoms with Crippen molar-refractivity contribution in [2.45, 2.75) is 12.6 Å². The summed E-state index contributed by atoms with van der Waals surface area (Å²) in [5.74, 6) is 1.63. The first kappa shape index (κ1) is 21.4. The fraction of sp³-hybridized carbons (Fsp3) is 0.409. The number of nitrogens with one attached hydrogen (secondary N) is 2. The highest BCUT2D eigenvalue weighted by atomic mass is 35.5. The molecule has 2 aromatic rings. The molecule has 1 heterocycles. The molecule has 0 aliphatic carbocycles. The minimum Gasteiger partial charge on any atom is -0.497 e. The molecule has 0 amide bonds. The van der Waals surface area contributed by atoms with Gasteiger partial charge >= 0.3 is 0 Å². The topological polar surface area (TPSA) is 58.1 Å². The molecule has 1 aliphatic heterocycles. The number of guanidine groups is 1. The molecule has 2 aromatic carbocycles. The third-order valence-electron chi connectivity index (χ3n) is 5.05. The molecule has 2 N–H and O–H groups in total. The number of ether oxygens (including phenoxy) is 2. The molecule has 29 heavy (non-hydrogen) atoms. The van der Waals surface area contributed by atoms with Gasteiger partial charge in [0.2, 0.25) is 0 Å². The van der Waals surface area contributed by atoms with Crippen molar-refractivity contribution in [2.75, 3.05) is 47.0 Å². The van der Waals surface area contributed by atoms with Gasteiger partial charge < -0.3 is 20.1 Å². The molecule has 3 rings (SSSR count). The van der Waals surface area contributed by atoms with Gasteiger partial charge in [0.05, 0.1) is 26.4 Å². The van der Waals surface area contributed by atoms with E-state index in [1.165, 1.54) is 5.56 Å². The summed E-state index contributed by atoms with van der Waals surface area (Å²) < 4.78 is 10.8. The fourth-order valence-electron chi connectivity index (χ4n) is 3.37. The van der Waals surface area contributed by atoms with Gasteiger partial charge in [-0.1, -0.05) is 35.9 Å². The van der Waals surface area contributed by atoms with Crippen LogP contribution in [0.1, 0.15) is 17.2 Å². The Labute approximate surface area is 177 Å². The lowest BCUT2D eigenvalue weighted by Crippen LogP contribution is -2.46. The van der Waals surface area contributed by atoms with Gasteiger partial charge in [0.15, 0.2) is 5.96 Å². The first-order valence-corrected chi connectivity index (χ1v) is 10.2. The fourth-order valence-corrected chi connectivity index (χ4v) is 3.50. The number of aliphatic imine (C=N–C) groups is 1. The minimum atomic E-state index is 0.221. The van der Waals surface area contributed by atoms with Crippen molar-refractivity contribution in [1.82, 2.24) is 15.5 Å². The summed E-state index contributed by atoms with van der Waals surface area (Å²) in [6.45, 7) is 4.77. The zero-order valence-electron chi connectivity index (χ0n) is 17.0. The van der Waals surface area contributed by atoms with E-state index < -0.39 is 0 Å². The van der Waals surface area contributed by atoms with Gasteiger partial charge in [0.25, 0.3) is 0 Å². The Bertz CT molecular complexity index is 774. The molecule has 0 bridgehead atoms. The molecule has 1 aliphatic rings. The molecular formula is C22H29ClN4O2. The zero-order valence-corrected chi connectivity index (χ0v) is 17.8. The smallest absolute Gasteiger partial charge is 0.191 e. The molecule has 1 saturated heterocycles. The first-order chi connectivity index (χ1) is 14.2. The highest BCUT2D eigenvalue weighted by Crippen LogP contribution is 2.23. The Morgan fingerprint density at radius 2 is 1.79 bits per heavy atom. The van der Waals surface area contributed by atoms with E-state index in [4.69, 9.17) is 21.1 Å². The van der Waals surface area contributed by atoms with E-state index in [0.29, 0.717) is 6.54 Å². The molecule has 6 nitrogen and oxygen atoms in total. The largest absolute Gasteiger partial charge is 0.497 e. The van der Waals surface area contributed by atoms with Gasteiger partial charge in [-0.25, -0.2) is 0 Å². The van der Waals surface area contributed by atoms with Crippen molar-refractivity contribution in [3.05, 3.63) is 64.7 Å². The number of morpholine rings is 1. The Morgan fingerprint density at radius 3 is 2.41 bits per heavy atom. The second kappa shape index (κ2) is 11.0. The van der Waals surface area contributed by atoms with Crippen molar-refractivity contribution in [1.29, 1.82) is 0 Å². The van der Waals surface area contributed by atoms with Gasteiger partial charge in [-0.2, -0.15) is 0 Å². The van der Waals surface area contributed by atoms with Crippen LogP contribution in [0.4, 0.5) is 0 Å². The molecule has 0 radical (unpaired) electrons. The third kappa shape index (κ3) is 6.35. The van der Waals surface area contributed by atoms with Crippen LogP contribution in [0, 0.1) is 0 Å². The second-order valence-electron chi connectivity index (χ2n) is 6.87. The molecule has 1 unspecified atom stereocenters. The van der Waals surface area contributed by atoms with E-state index in [0.717, 1.165) is 55.1 Å². The van der Waals surface area contributed by atoms with Crippen LogP contribution in [-0.4, -0.2) is 57.9 Å². The normalized spacial score (nSPS) is 16.3. The Kier molecular flexibility index (Phi) is 8.16. The lowest BCUT2D eigenvalue weighted by Gasteiger charge is -2.35. The van der Waals surface area contributed by atoms with E-state index in [9.17, 15) is 0 Å². The molecule has 1 fully saturated rings. The summed E-state index contributed by atoms with van der Waals surface area (Å²) in [5, 5.41) is 7.58. The molecule has 7 heteroatoms. The van der Waals surface area contributed by atoms with Crippen molar-refractivity contribution >= 4 is 17.6 Å². The number of hydrogen-bond acceptors (Lipinski definition) is 4. The van der Waals surface area contributed by atoms with E-state index in [1.54, 1.807) is 14.2 Å². The molecular weight excluding hydrogens is 388 g/mol. The van der Waals surface area contributed by atoms with E-state index in [2.05, 4.69) is 32.7 Å². The zero-order chi connectivity index (χ0) is 20.5. The number of hydrogen-bond donors (Lipinski definition) is 2. The molecule has 0 aromatic heterocycles. The Morgan fingerprint density at radius 1 is 1.10 bits per heavy atom. The minimum absolute atomic E-state index is 0.221. The summed E-state index contributed by atoms with van der Waals surface area (Å²) in [7, 11) is 3.47. The summed E-state index contributed by atoms with van der Waals surface area (Å²) >= 11 is 5.96. The average Bonchev–Trinajstić information content (AvgIpc) is 2.78. The van der Waals surface area contributed by atoms with Crippen LogP contribution >= 0.6 is 11.6 Å². The average molecular weight is 417 g/mol. The molecule has 0 saturated carbocycles. The van der Waals surface area contributed by atoms with Crippen LogP contribution in [0.15, 0.2) is 53.5 Å². The predicted octanol–water partition coefficient (Wildman–Crippen LogP) is 3.09. The van der Waals surface area contributed by atoms with Crippen molar-refractivity contribution in [3.63, 3.8) is 0 Å². The van der Waals surface area contributed by atoms with E-state index in [-0.39, 0.29) is 6.04 Å². The molecule has 1 atom stereocenters. The van der Waals surface area contributed by atoms with Crippen molar-refractivity contribution < 1.29 is 9.47 Å². The van der Waals surface area contributed by atoms with Crippen molar-refractivity contribution in [2.24, 2.45) is 4.99 Å². The van der Waals surface area contributed by atoms with Gasteiger partial charge in [0, 0.05) is 38.2 Å². The summed E-state index contributed by atoms with van der Waals surface area (Å²) in [6, 6.07) is 16.3. The third-order valence-corrected chi connectivity index (χ3v) is 5.30. The van der Waals surface area contributed by atoms with Gasteiger partial charge in [-0.3, -0.25) is 9.89 Å². The van der Waals surface area contributed by atoms with Crippen LogP contribution in [0.2, 0.25) is 5.02 Å². The maximum absolute atomic E-state index is 5.96. The van der Waals surface area contributed by atoms with Crippen molar-refractivity contribution in [3.8, 4) is 5.75 Å². The Balaban J connectivity index is 1.63. The highest BCUT2D eigenvalue weighted by molar-refractivity contribution is 6.30. The number of rotatable bonds is 7. The lowest BCUT2D eigenvalue weighted by molar-refractivity contribution is 0.0170. The predicted molar refractivity (Wildman–Crippen MR) is 118 cm³/mol. The monoisotopic (exact) mass is 416 g/mol. The number of nitrogens with zero attached hydrogens (tertiary/aromatic N) is 2. The van der Waals surface area contributed by atoms with E-state index in [1.807, 2.05) is 36.4 Å². The van der Waals surface area contributed by atoms with Crippen LogP contribution in [0.3, 0.4) is 0 Å². The second-order valence-corrected chi connectivity index (χ2v) is 7.31. The van der Waals surface area contributed by atoms with Crippen LogP contribution in [0.5, 0.6) is 5.75 Å². The molecule has 156 valence electrons. The number of methoxy groups -OCH3 is 1. The highest BCUT2D eigenvalue weighted by Gasteiger charge is 2.23. The summed E-state index contributed by atoms with van der Waals surface area (Å²) in [5.41, 5.74) is 2.39. The van der Waals surface area contributed by atoms with E-state index >= 15 is 0 Å². The quantitative estimate of drug-likeness (QED) is 0.536. The maximum Gasteiger partial charge on any atom is 0.191 e. The first-order valence-electron chi connectivity index (χ1n) is 9.84. The molecule has 0 spiro atoms. The SMILES string of the molecule is CN=C(NCc1ccc(Cl)cc1)NCC(c1ccc(OC)cc1)N1CCOCC1. The summed E-state index contributed by atoms with van der Waals surface area (Å²) in [4.78, 5) is 6.81. The van der Waals surface area contributed by atoms with Crippen LogP contribution in [0.25, 0.3) is 0 Å². The lowest BCUT2D eigenvalue weighted by atomic mass is 10.0. The van der Waals surface area contributed by atoms with Crippen LogP contribution in [-0.2, 0) is 11.3 Å². The maximum atomic E-state index is 5.96. The number of halogens is 1. The standard InChI is InChI=1S/C22H29ClN4O2/c1-24-22(25-15-17-3-7-19(23)8-4-17)26-16-21(27-11-13-29-14-12-27)18-5-9-20(28-2)10-6-18/h3-10,21H,11-16H2,1-2H3,(H2,24,25,26). The van der Waals surface area contributed by atoms with Crippen LogP contribution < -0.4 is 15.4 Å².